The van der Waals surface area contributed by atoms with E-state index in [1.165, 1.54) is 11.1 Å². The van der Waals surface area contributed by atoms with Crippen LogP contribution in [0.15, 0.2) is 48.6 Å². The maximum Gasteiger partial charge on any atom is 0.0850 e. The second kappa shape index (κ2) is 10.6. The zero-order valence-electron chi connectivity index (χ0n) is 18.1. The SMILES string of the molecule is C=C(/C=C/C)C(CC)(CC)c1ccc(/C=C/C(O)(CC)CCOC)c(C)c1. The molecule has 1 rings (SSSR count). The van der Waals surface area contributed by atoms with Crippen molar-refractivity contribution in [3.8, 4) is 0 Å². The first-order chi connectivity index (χ1) is 12.8. The van der Waals surface area contributed by atoms with Crippen LogP contribution in [-0.2, 0) is 10.2 Å². The molecule has 0 aromatic heterocycles. The van der Waals surface area contributed by atoms with Gasteiger partial charge >= 0.3 is 0 Å². The number of aryl methyl sites for hydroxylation is 1. The van der Waals surface area contributed by atoms with Crippen molar-refractivity contribution in [3.05, 3.63) is 65.3 Å². The van der Waals surface area contributed by atoms with Crippen molar-refractivity contribution in [2.75, 3.05) is 13.7 Å². The van der Waals surface area contributed by atoms with Gasteiger partial charge in [-0.2, -0.15) is 0 Å². The fourth-order valence-corrected chi connectivity index (χ4v) is 3.72. The smallest absolute Gasteiger partial charge is 0.0850 e. The highest BCUT2D eigenvalue weighted by molar-refractivity contribution is 5.57. The molecule has 1 N–H and O–H groups in total. The number of hydrogen-bond donors (Lipinski definition) is 1. The molecule has 1 aromatic carbocycles. The van der Waals surface area contributed by atoms with Crippen LogP contribution < -0.4 is 0 Å². The maximum atomic E-state index is 10.7. The molecule has 27 heavy (non-hydrogen) atoms. The van der Waals surface area contributed by atoms with Gasteiger partial charge in [0.25, 0.3) is 0 Å². The Kier molecular flexibility index (Phi) is 9.21. The summed E-state index contributed by atoms with van der Waals surface area (Å²) < 4.78 is 5.13. The van der Waals surface area contributed by atoms with E-state index in [0.717, 1.165) is 24.0 Å². The normalized spacial score (nSPS) is 14.8. The van der Waals surface area contributed by atoms with Crippen molar-refractivity contribution in [2.45, 2.75) is 71.3 Å². The molecule has 0 saturated heterocycles. The van der Waals surface area contributed by atoms with Gasteiger partial charge in [0, 0.05) is 25.6 Å². The van der Waals surface area contributed by atoms with Crippen LogP contribution >= 0.6 is 0 Å². The van der Waals surface area contributed by atoms with E-state index < -0.39 is 5.60 Å². The molecule has 0 saturated carbocycles. The van der Waals surface area contributed by atoms with E-state index in [2.05, 4.69) is 57.7 Å². The molecule has 0 aliphatic heterocycles. The Bertz CT molecular complexity index is 665. The lowest BCUT2D eigenvalue weighted by molar-refractivity contribution is 0.0471. The highest BCUT2D eigenvalue weighted by Crippen LogP contribution is 2.39. The van der Waals surface area contributed by atoms with E-state index in [1.807, 2.05) is 26.0 Å². The number of benzene rings is 1. The quantitative estimate of drug-likeness (QED) is 0.458. The van der Waals surface area contributed by atoms with E-state index in [9.17, 15) is 5.11 Å². The van der Waals surface area contributed by atoms with Gasteiger partial charge in [-0.1, -0.05) is 69.9 Å². The molecule has 150 valence electrons. The van der Waals surface area contributed by atoms with Gasteiger partial charge in [-0.3, -0.25) is 0 Å². The number of methoxy groups -OCH3 is 1. The van der Waals surface area contributed by atoms with Gasteiger partial charge in [0.05, 0.1) is 5.60 Å². The predicted octanol–water partition coefficient (Wildman–Crippen LogP) is 6.38. The van der Waals surface area contributed by atoms with Crippen LogP contribution in [0.3, 0.4) is 0 Å². The highest BCUT2D eigenvalue weighted by atomic mass is 16.5. The van der Waals surface area contributed by atoms with Gasteiger partial charge in [0.1, 0.15) is 0 Å². The van der Waals surface area contributed by atoms with Crippen molar-refractivity contribution in [3.63, 3.8) is 0 Å². The van der Waals surface area contributed by atoms with Crippen LogP contribution in [0.5, 0.6) is 0 Å². The molecular weight excluding hydrogens is 332 g/mol. The zero-order valence-corrected chi connectivity index (χ0v) is 18.1. The molecule has 2 heteroatoms. The summed E-state index contributed by atoms with van der Waals surface area (Å²) >= 11 is 0. The Balaban J connectivity index is 3.21. The lowest BCUT2D eigenvalue weighted by Gasteiger charge is -2.34. The lowest BCUT2D eigenvalue weighted by atomic mass is 9.70. The van der Waals surface area contributed by atoms with Crippen LogP contribution in [0.4, 0.5) is 0 Å². The molecule has 1 unspecified atom stereocenters. The Morgan fingerprint density at radius 3 is 2.33 bits per heavy atom. The Labute approximate surface area is 166 Å². The number of allylic oxidation sites excluding steroid dienone is 3. The van der Waals surface area contributed by atoms with Gasteiger partial charge in [0.15, 0.2) is 0 Å². The Hall–Kier alpha value is -1.64. The number of ether oxygens (including phenoxy) is 1. The third-order valence-corrected chi connectivity index (χ3v) is 5.94. The fraction of sp³-hybridized carbons (Fsp3) is 0.520. The summed E-state index contributed by atoms with van der Waals surface area (Å²) in [6.07, 6.45) is 11.5. The van der Waals surface area contributed by atoms with Gasteiger partial charge in [-0.25, -0.2) is 0 Å². The molecule has 0 fully saturated rings. The van der Waals surface area contributed by atoms with Crippen molar-refractivity contribution >= 4 is 6.08 Å². The topological polar surface area (TPSA) is 29.5 Å². The summed E-state index contributed by atoms with van der Waals surface area (Å²) in [4.78, 5) is 0. The number of rotatable bonds is 11. The number of hydrogen-bond acceptors (Lipinski definition) is 2. The van der Waals surface area contributed by atoms with E-state index in [4.69, 9.17) is 4.74 Å². The van der Waals surface area contributed by atoms with Crippen LogP contribution in [0, 0.1) is 6.92 Å². The maximum absolute atomic E-state index is 10.7. The standard InChI is InChI=1S/C25H38O2/c1-8-12-21(6)25(10-3,11-4)23-14-13-22(20(5)19-23)15-16-24(26,9-2)17-18-27-7/h8,12-16,19,26H,6,9-11,17-18H2,1-5,7H3/b12-8+,16-15+. The first kappa shape index (κ1) is 23.4. The second-order valence-corrected chi connectivity index (χ2v) is 7.42. The Morgan fingerprint density at radius 1 is 1.19 bits per heavy atom. The summed E-state index contributed by atoms with van der Waals surface area (Å²) in [7, 11) is 1.66. The lowest BCUT2D eigenvalue weighted by Crippen LogP contribution is -2.26. The zero-order chi connectivity index (χ0) is 20.5. The van der Waals surface area contributed by atoms with Crippen molar-refractivity contribution in [1.82, 2.24) is 0 Å². The first-order valence-corrected chi connectivity index (χ1v) is 10.2. The summed E-state index contributed by atoms with van der Waals surface area (Å²) in [5, 5.41) is 10.7. The third-order valence-electron chi connectivity index (χ3n) is 5.94. The van der Waals surface area contributed by atoms with Gasteiger partial charge in [0.2, 0.25) is 0 Å². The number of aliphatic hydroxyl groups is 1. The molecule has 0 radical (unpaired) electrons. The molecule has 0 aliphatic rings. The molecule has 2 nitrogen and oxygen atoms in total. The predicted molar refractivity (Wildman–Crippen MR) is 118 cm³/mol. The molecule has 1 atom stereocenters. The molecule has 0 bridgehead atoms. The van der Waals surface area contributed by atoms with E-state index in [-0.39, 0.29) is 5.41 Å². The molecular formula is C25H38O2. The third kappa shape index (κ3) is 5.67. The molecule has 0 aliphatic carbocycles. The largest absolute Gasteiger partial charge is 0.386 e. The fourth-order valence-electron chi connectivity index (χ4n) is 3.72. The van der Waals surface area contributed by atoms with E-state index >= 15 is 0 Å². The van der Waals surface area contributed by atoms with Gasteiger partial charge in [-0.15, -0.1) is 0 Å². The van der Waals surface area contributed by atoms with Crippen molar-refractivity contribution in [1.29, 1.82) is 0 Å². The molecule has 0 amide bonds. The van der Waals surface area contributed by atoms with Gasteiger partial charge in [-0.05, 0) is 55.4 Å². The van der Waals surface area contributed by atoms with Crippen molar-refractivity contribution in [2.24, 2.45) is 0 Å². The first-order valence-electron chi connectivity index (χ1n) is 10.2. The van der Waals surface area contributed by atoms with Crippen molar-refractivity contribution < 1.29 is 9.84 Å². The minimum atomic E-state index is -0.822. The van der Waals surface area contributed by atoms with Crippen LogP contribution in [0.2, 0.25) is 0 Å². The van der Waals surface area contributed by atoms with Gasteiger partial charge < -0.3 is 9.84 Å². The summed E-state index contributed by atoms with van der Waals surface area (Å²) in [5.41, 5.74) is 3.99. The minimum Gasteiger partial charge on any atom is -0.386 e. The van der Waals surface area contributed by atoms with Crippen LogP contribution in [-0.4, -0.2) is 24.4 Å². The minimum absolute atomic E-state index is 0.0257. The average Bonchev–Trinajstić information content (AvgIpc) is 2.67. The Morgan fingerprint density at radius 2 is 1.85 bits per heavy atom. The molecule has 1 aromatic rings. The molecule has 0 heterocycles. The summed E-state index contributed by atoms with van der Waals surface area (Å²) in [6, 6.07) is 6.66. The molecule has 0 spiro atoms. The average molecular weight is 371 g/mol. The van der Waals surface area contributed by atoms with E-state index in [1.54, 1.807) is 7.11 Å². The highest BCUT2D eigenvalue weighted by Gasteiger charge is 2.30. The summed E-state index contributed by atoms with van der Waals surface area (Å²) in [6.45, 7) is 15.5. The monoisotopic (exact) mass is 370 g/mol. The van der Waals surface area contributed by atoms with Crippen LogP contribution in [0.1, 0.15) is 70.1 Å². The van der Waals surface area contributed by atoms with Crippen LogP contribution in [0.25, 0.3) is 6.08 Å². The van der Waals surface area contributed by atoms with E-state index in [0.29, 0.717) is 19.4 Å². The summed E-state index contributed by atoms with van der Waals surface area (Å²) in [5.74, 6) is 0. The second-order valence-electron chi connectivity index (χ2n) is 7.42.